The molecule has 0 aromatic heterocycles. The number of carbonyl (C=O) groups excluding carboxylic acids is 2. The lowest BCUT2D eigenvalue weighted by Gasteiger charge is -2.36. The Morgan fingerprint density at radius 3 is 2.37 bits per heavy atom. The molecule has 0 spiro atoms. The van der Waals surface area contributed by atoms with Crippen LogP contribution in [0.1, 0.15) is 26.3 Å². The summed E-state index contributed by atoms with van der Waals surface area (Å²) in [6, 6.07) is 16.6. The lowest BCUT2D eigenvalue weighted by Crippen LogP contribution is -2.49. The molecule has 11 heteroatoms. The molecule has 1 heterocycles. The predicted molar refractivity (Wildman–Crippen MR) is 163 cm³/mol. The first kappa shape index (κ1) is 28.4. The molecule has 1 aliphatic rings. The van der Waals surface area contributed by atoms with Gasteiger partial charge in [0.25, 0.3) is 11.8 Å². The molecule has 1 fully saturated rings. The van der Waals surface area contributed by atoms with E-state index in [2.05, 4.69) is 47.4 Å². The molecule has 2 N–H and O–H groups in total. The number of amides is 2. The van der Waals surface area contributed by atoms with Crippen molar-refractivity contribution in [1.29, 1.82) is 0 Å². The molecule has 3 aromatic carbocycles. The zero-order chi connectivity index (χ0) is 27.4. The maximum atomic E-state index is 12.9. The number of nitrogens with zero attached hydrogens (tertiary/aromatic N) is 2. The molecule has 1 aliphatic heterocycles. The Kier molecular flexibility index (Phi) is 9.30. The van der Waals surface area contributed by atoms with E-state index in [1.807, 2.05) is 48.2 Å². The van der Waals surface area contributed by atoms with Crippen LogP contribution in [0.5, 0.6) is 5.75 Å². The van der Waals surface area contributed by atoms with E-state index < -0.39 is 5.91 Å². The molecule has 3 aromatic rings. The third-order valence-corrected chi connectivity index (χ3v) is 7.73. The van der Waals surface area contributed by atoms with Crippen LogP contribution >= 0.6 is 55.7 Å². The van der Waals surface area contributed by atoms with Crippen molar-refractivity contribution in [3.8, 4) is 5.75 Å². The molecule has 0 unspecified atom stereocenters. The summed E-state index contributed by atoms with van der Waals surface area (Å²) >= 11 is 18.7. The monoisotopic (exact) mass is 678 g/mol. The maximum Gasteiger partial charge on any atom is 0.261 e. The highest BCUT2D eigenvalue weighted by Gasteiger charge is 2.24. The van der Waals surface area contributed by atoms with Gasteiger partial charge in [-0.2, -0.15) is 0 Å². The second-order valence-corrected chi connectivity index (χ2v) is 11.2. The van der Waals surface area contributed by atoms with Gasteiger partial charge in [-0.3, -0.25) is 14.9 Å². The highest BCUT2D eigenvalue weighted by atomic mass is 79.9. The predicted octanol–water partition coefficient (Wildman–Crippen LogP) is 6.27. The number of methoxy groups -OCH3 is 1. The zero-order valence-corrected chi connectivity index (χ0v) is 25.4. The number of hydrogen-bond acceptors (Lipinski definition) is 5. The first-order valence-electron chi connectivity index (χ1n) is 11.7. The fourth-order valence-electron chi connectivity index (χ4n) is 4.24. The first-order chi connectivity index (χ1) is 18.2. The largest absolute Gasteiger partial charge is 0.495 e. The molecule has 0 atom stereocenters. The van der Waals surface area contributed by atoms with E-state index in [1.165, 1.54) is 7.11 Å². The van der Waals surface area contributed by atoms with Crippen molar-refractivity contribution < 1.29 is 14.3 Å². The number of carbonyl (C=O) groups is 2. The number of thiocarbonyl (C=S) groups is 1. The fraction of sp³-hybridized carbons (Fsp3) is 0.222. The molecule has 0 bridgehead atoms. The van der Waals surface area contributed by atoms with E-state index in [1.54, 1.807) is 18.2 Å². The van der Waals surface area contributed by atoms with E-state index in [4.69, 9.17) is 28.6 Å². The first-order valence-corrected chi connectivity index (χ1v) is 14.1. The van der Waals surface area contributed by atoms with E-state index in [9.17, 15) is 9.59 Å². The van der Waals surface area contributed by atoms with Gasteiger partial charge in [0.1, 0.15) is 5.75 Å². The van der Waals surface area contributed by atoms with Crippen LogP contribution in [0.15, 0.2) is 63.5 Å². The summed E-state index contributed by atoms with van der Waals surface area (Å²) in [5.41, 5.74) is 3.55. The van der Waals surface area contributed by atoms with Crippen LogP contribution < -0.4 is 20.3 Å². The van der Waals surface area contributed by atoms with Gasteiger partial charge in [-0.25, -0.2) is 0 Å². The number of halogens is 3. The third kappa shape index (κ3) is 6.48. The number of nitrogens with one attached hydrogen (secondary N) is 2. The zero-order valence-electron chi connectivity index (χ0n) is 20.7. The third-order valence-electron chi connectivity index (χ3n) is 6.17. The molecule has 0 radical (unpaired) electrons. The van der Waals surface area contributed by atoms with E-state index in [-0.39, 0.29) is 11.0 Å². The van der Waals surface area contributed by atoms with Crippen molar-refractivity contribution in [3.05, 3.63) is 85.3 Å². The molecule has 4 rings (SSSR count). The average molecular weight is 681 g/mol. The minimum absolute atomic E-state index is 0.0526. The number of anilines is 2. The molecular weight excluding hydrogens is 656 g/mol. The Bertz CT molecular complexity index is 1400. The van der Waals surface area contributed by atoms with Crippen LogP contribution in [0.4, 0.5) is 11.4 Å². The van der Waals surface area contributed by atoms with Gasteiger partial charge in [0.15, 0.2) is 5.11 Å². The highest BCUT2D eigenvalue weighted by molar-refractivity contribution is 9.11. The molecular formula is C27H25Br2ClN4O3S. The molecule has 38 heavy (non-hydrogen) atoms. The van der Waals surface area contributed by atoms with Gasteiger partial charge >= 0.3 is 0 Å². The maximum absolute atomic E-state index is 12.9. The minimum atomic E-state index is -0.415. The highest BCUT2D eigenvalue weighted by Crippen LogP contribution is 2.33. The van der Waals surface area contributed by atoms with Crippen LogP contribution in [-0.4, -0.2) is 55.1 Å². The number of rotatable bonds is 5. The van der Waals surface area contributed by atoms with Gasteiger partial charge in [-0.15, -0.1) is 0 Å². The number of benzene rings is 3. The number of piperazine rings is 1. The van der Waals surface area contributed by atoms with Crippen molar-refractivity contribution in [2.24, 2.45) is 0 Å². The van der Waals surface area contributed by atoms with E-state index in [0.29, 0.717) is 52.7 Å². The molecule has 7 nitrogen and oxygen atoms in total. The number of aryl methyl sites for hydroxylation is 1. The molecule has 2 amide bonds. The Labute approximate surface area is 248 Å². The molecule has 1 saturated heterocycles. The summed E-state index contributed by atoms with van der Waals surface area (Å²) in [6.45, 7) is 4.50. The minimum Gasteiger partial charge on any atom is -0.495 e. The van der Waals surface area contributed by atoms with Gasteiger partial charge in [0.05, 0.1) is 27.9 Å². The van der Waals surface area contributed by atoms with Crippen molar-refractivity contribution in [2.45, 2.75) is 6.92 Å². The lowest BCUT2D eigenvalue weighted by molar-refractivity contribution is 0.0746. The Hall–Kier alpha value is -2.66. The second kappa shape index (κ2) is 12.5. The molecule has 0 saturated carbocycles. The smallest absolute Gasteiger partial charge is 0.261 e. The number of hydrogen-bond donors (Lipinski definition) is 2. The van der Waals surface area contributed by atoms with Crippen molar-refractivity contribution in [2.75, 3.05) is 43.5 Å². The fourth-order valence-corrected chi connectivity index (χ4v) is 6.14. The SMILES string of the molecule is COc1c(Br)cc(Br)cc1C(=O)NC(=S)Nc1ccc(N2CCN(C(=O)c3ccccc3C)CC2)c(Cl)c1. The van der Waals surface area contributed by atoms with Crippen molar-refractivity contribution >= 4 is 84.0 Å². The molecule has 198 valence electrons. The standard InChI is InChI=1S/C27H25Br2ClN4O3S/c1-16-5-3-4-6-19(16)26(36)34-11-9-33(10-12-34)23-8-7-18(15-22(23)30)31-27(38)32-25(35)20-13-17(28)14-21(29)24(20)37-2/h3-8,13-15H,9-12H2,1-2H3,(H2,31,32,35,38). The van der Waals surface area contributed by atoms with Crippen LogP contribution in [0.2, 0.25) is 5.02 Å². The van der Waals surface area contributed by atoms with Gasteiger partial charge in [-0.05, 0) is 77.0 Å². The van der Waals surface area contributed by atoms with Gasteiger partial charge < -0.3 is 19.9 Å². The Morgan fingerprint density at radius 1 is 1.00 bits per heavy atom. The topological polar surface area (TPSA) is 73.9 Å². The second-order valence-electron chi connectivity index (χ2n) is 8.64. The summed E-state index contributed by atoms with van der Waals surface area (Å²) in [4.78, 5) is 29.8. The van der Waals surface area contributed by atoms with Crippen LogP contribution in [-0.2, 0) is 0 Å². The normalized spacial score (nSPS) is 13.2. The summed E-state index contributed by atoms with van der Waals surface area (Å²) in [6.07, 6.45) is 0. The Morgan fingerprint density at radius 2 is 1.71 bits per heavy atom. The van der Waals surface area contributed by atoms with E-state index in [0.717, 1.165) is 21.3 Å². The Balaban J connectivity index is 1.36. The van der Waals surface area contributed by atoms with E-state index >= 15 is 0 Å². The quantitative estimate of drug-likeness (QED) is 0.310. The number of ether oxygens (including phenoxy) is 1. The van der Waals surface area contributed by atoms with Crippen molar-refractivity contribution in [3.63, 3.8) is 0 Å². The van der Waals surface area contributed by atoms with Gasteiger partial charge in [0, 0.05) is 41.9 Å². The summed E-state index contributed by atoms with van der Waals surface area (Å²) in [7, 11) is 1.49. The van der Waals surface area contributed by atoms with Gasteiger partial charge in [0.2, 0.25) is 0 Å². The van der Waals surface area contributed by atoms with Crippen LogP contribution in [0, 0.1) is 6.92 Å². The average Bonchev–Trinajstić information content (AvgIpc) is 2.88. The summed E-state index contributed by atoms with van der Waals surface area (Å²) in [5, 5.41) is 6.35. The van der Waals surface area contributed by atoms with Crippen molar-refractivity contribution in [1.82, 2.24) is 10.2 Å². The van der Waals surface area contributed by atoms with Crippen LogP contribution in [0.25, 0.3) is 0 Å². The summed E-state index contributed by atoms with van der Waals surface area (Å²) < 4.78 is 6.71. The summed E-state index contributed by atoms with van der Waals surface area (Å²) in [5.74, 6) is 0.0422. The lowest BCUT2D eigenvalue weighted by atomic mass is 10.1. The van der Waals surface area contributed by atoms with Crippen LogP contribution in [0.3, 0.4) is 0 Å². The van der Waals surface area contributed by atoms with Gasteiger partial charge in [-0.1, -0.05) is 45.7 Å². The molecule has 0 aliphatic carbocycles.